The molecule has 49 heavy (non-hydrogen) atoms. The molecule has 2 aliphatic heterocycles. The summed E-state index contributed by atoms with van der Waals surface area (Å²) >= 11 is 0. The van der Waals surface area contributed by atoms with Crippen molar-refractivity contribution in [2.45, 2.75) is 173 Å². The Morgan fingerprint density at radius 1 is 0.490 bits per heavy atom. The molecule has 288 valence electrons. The highest BCUT2D eigenvalue weighted by atomic mass is 28.4. The van der Waals surface area contributed by atoms with Crippen molar-refractivity contribution in [3.63, 3.8) is 0 Å². The number of rotatable bonds is 16. The van der Waals surface area contributed by atoms with Gasteiger partial charge >= 0.3 is 11.9 Å². The molecule has 18 heteroatoms. The molecule has 1 N–H and O–H groups in total. The molecule has 0 saturated carbocycles. The summed E-state index contributed by atoms with van der Waals surface area (Å²) in [5.41, 5.74) is 0. The molecule has 0 aromatic rings. The van der Waals surface area contributed by atoms with E-state index in [2.05, 4.69) is 58.9 Å². The van der Waals surface area contributed by atoms with E-state index in [4.69, 9.17) is 45.8 Å². The zero-order chi connectivity index (χ0) is 37.9. The minimum Gasteiger partial charge on any atom is -0.463 e. The highest BCUT2D eigenvalue weighted by molar-refractivity contribution is 6.71. The monoisotopic (exact) mass is 786 g/mol. The van der Waals surface area contributed by atoms with Gasteiger partial charge in [-0.1, -0.05) is 0 Å². The van der Waals surface area contributed by atoms with Crippen LogP contribution in [-0.2, 0) is 55.4 Å². The SMILES string of the molecule is CC(=O)OC[C@H]1O[C@@H](O[C@H]2[C@H](O[Si](C)(C)C)[C@@H](O[Si](C)(C)C)[C@H](O)O[C@@H]2COC(C)=O)[C@H](O[Si](C)(C)C)[C@@H](O[Si](C)(C)C)[C@H]1O[Si](C)(C)C. The lowest BCUT2D eigenvalue weighted by Crippen LogP contribution is -2.69. The van der Waals surface area contributed by atoms with Crippen molar-refractivity contribution in [2.75, 3.05) is 13.2 Å². The Balaban J connectivity index is 2.80. The van der Waals surface area contributed by atoms with E-state index in [1.807, 2.05) is 39.3 Å². The normalized spacial score (nSPS) is 32.1. The average molecular weight is 787 g/mol. The fraction of sp³-hybridized carbons (Fsp3) is 0.935. The molecule has 0 amide bonds. The highest BCUT2D eigenvalue weighted by Gasteiger charge is 2.56. The van der Waals surface area contributed by atoms with Crippen LogP contribution in [0.5, 0.6) is 0 Å². The number of hydrogen-bond acceptors (Lipinski definition) is 13. The summed E-state index contributed by atoms with van der Waals surface area (Å²) in [5, 5.41) is 11.3. The molecule has 0 unspecified atom stereocenters. The molecule has 0 spiro atoms. The molecule has 2 heterocycles. The van der Waals surface area contributed by atoms with Crippen LogP contribution in [-0.4, -0.2) is 133 Å². The van der Waals surface area contributed by atoms with Crippen LogP contribution in [0.15, 0.2) is 0 Å². The second kappa shape index (κ2) is 17.2. The molecule has 10 atom stereocenters. The van der Waals surface area contributed by atoms with Gasteiger partial charge in [0, 0.05) is 13.8 Å². The van der Waals surface area contributed by atoms with E-state index < -0.39 is 115 Å². The van der Waals surface area contributed by atoms with E-state index in [1.54, 1.807) is 0 Å². The van der Waals surface area contributed by atoms with Crippen molar-refractivity contribution in [3.8, 4) is 0 Å². The number of esters is 2. The van der Waals surface area contributed by atoms with E-state index in [1.165, 1.54) is 13.8 Å². The van der Waals surface area contributed by atoms with Crippen molar-refractivity contribution >= 4 is 53.5 Å². The van der Waals surface area contributed by atoms with Crippen molar-refractivity contribution in [1.29, 1.82) is 0 Å². The molecule has 0 bridgehead atoms. The smallest absolute Gasteiger partial charge is 0.302 e. The van der Waals surface area contributed by atoms with Crippen LogP contribution in [0.1, 0.15) is 13.8 Å². The Labute approximate surface area is 299 Å². The molecule has 0 aromatic heterocycles. The van der Waals surface area contributed by atoms with Crippen LogP contribution in [0, 0.1) is 0 Å². The maximum atomic E-state index is 12.1. The quantitative estimate of drug-likeness (QED) is 0.165. The van der Waals surface area contributed by atoms with Gasteiger partial charge in [-0.05, 0) is 98.2 Å². The molecule has 0 aromatic carbocycles. The van der Waals surface area contributed by atoms with Crippen LogP contribution in [0.4, 0.5) is 0 Å². The number of aliphatic hydroxyl groups is 1. The molecule has 2 rings (SSSR count). The fourth-order valence-electron chi connectivity index (χ4n) is 5.57. The molecular weight excluding hydrogens is 721 g/mol. The number of carbonyl (C=O) groups is 2. The van der Waals surface area contributed by atoms with E-state index in [0.717, 1.165) is 0 Å². The van der Waals surface area contributed by atoms with Gasteiger partial charge in [-0.15, -0.1) is 0 Å². The van der Waals surface area contributed by atoms with Gasteiger partial charge in [-0.2, -0.15) is 0 Å². The summed E-state index contributed by atoms with van der Waals surface area (Å²) in [4.78, 5) is 24.1. The standard InChI is InChI=1S/C31H66O13Si5/c1-20(32)35-18-22-24(26(41-46(6,7)8)28(30(34)37-22)43-48(12,13)14)39-31-29(44-49(15,16)17)27(42-47(9,10)11)25(40-45(3,4)5)23(38-31)19-36-21(2)33/h22-31,34H,18-19H2,1-17H3/t22-,23-,24-,25+,26+,27+,28-,29-,30-,31+/m1/s1. The minimum atomic E-state index is -2.33. The molecule has 2 saturated heterocycles. The predicted molar refractivity (Wildman–Crippen MR) is 199 cm³/mol. The van der Waals surface area contributed by atoms with Crippen molar-refractivity contribution < 1.29 is 60.5 Å². The van der Waals surface area contributed by atoms with E-state index in [-0.39, 0.29) is 13.2 Å². The summed E-state index contributed by atoms with van der Waals surface area (Å²) < 4.78 is 64.7. The first-order valence-corrected chi connectivity index (χ1v) is 34.3. The highest BCUT2D eigenvalue weighted by Crippen LogP contribution is 2.38. The lowest BCUT2D eigenvalue weighted by atomic mass is 9.97. The maximum Gasteiger partial charge on any atom is 0.302 e. The summed E-state index contributed by atoms with van der Waals surface area (Å²) in [6.07, 6.45) is -8.86. The van der Waals surface area contributed by atoms with Gasteiger partial charge < -0.3 is 50.9 Å². The minimum absolute atomic E-state index is 0.0947. The zero-order valence-corrected chi connectivity index (χ0v) is 38.0. The number of ether oxygens (including phenoxy) is 5. The summed E-state index contributed by atoms with van der Waals surface area (Å²) in [6, 6.07) is 0. The summed E-state index contributed by atoms with van der Waals surface area (Å²) in [7, 11) is -11.4. The van der Waals surface area contributed by atoms with Gasteiger partial charge in [-0.25, -0.2) is 0 Å². The van der Waals surface area contributed by atoms with Crippen molar-refractivity contribution in [1.82, 2.24) is 0 Å². The van der Waals surface area contributed by atoms with Crippen LogP contribution in [0.25, 0.3) is 0 Å². The summed E-state index contributed by atoms with van der Waals surface area (Å²) in [5.74, 6) is -0.966. The first-order chi connectivity index (χ1) is 21.9. The molecule has 2 fully saturated rings. The van der Waals surface area contributed by atoms with Crippen LogP contribution < -0.4 is 0 Å². The van der Waals surface area contributed by atoms with Gasteiger partial charge in [-0.3, -0.25) is 9.59 Å². The summed E-state index contributed by atoms with van der Waals surface area (Å²) in [6.45, 7) is 33.3. The van der Waals surface area contributed by atoms with E-state index in [0.29, 0.717) is 0 Å². The number of aliphatic hydroxyl groups excluding tert-OH is 1. The van der Waals surface area contributed by atoms with Gasteiger partial charge in [0.25, 0.3) is 0 Å². The Kier molecular flexibility index (Phi) is 15.7. The van der Waals surface area contributed by atoms with Gasteiger partial charge in [0.1, 0.15) is 62.0 Å². The molecular formula is C31H66O13Si5. The molecule has 2 aliphatic rings. The first-order valence-electron chi connectivity index (χ1n) is 17.2. The molecule has 0 radical (unpaired) electrons. The zero-order valence-electron chi connectivity index (χ0n) is 33.0. The lowest BCUT2D eigenvalue weighted by molar-refractivity contribution is -0.347. The van der Waals surface area contributed by atoms with Gasteiger partial charge in [0.05, 0.1) is 0 Å². The Hall–Kier alpha value is -0.336. The second-order valence-electron chi connectivity index (χ2n) is 17.8. The Morgan fingerprint density at radius 2 is 0.816 bits per heavy atom. The topological polar surface area (TPSA) is 147 Å². The third kappa shape index (κ3) is 16.1. The van der Waals surface area contributed by atoms with Gasteiger partial charge in [0.15, 0.2) is 54.2 Å². The van der Waals surface area contributed by atoms with E-state index in [9.17, 15) is 14.7 Å². The van der Waals surface area contributed by atoms with Gasteiger partial charge in [0.2, 0.25) is 0 Å². The third-order valence-corrected chi connectivity index (χ3v) is 11.7. The average Bonchev–Trinajstić information content (AvgIpc) is 2.85. The van der Waals surface area contributed by atoms with Crippen molar-refractivity contribution in [3.05, 3.63) is 0 Å². The second-order valence-corrected chi connectivity index (χ2v) is 40.1. The maximum absolute atomic E-state index is 12.1. The molecule has 0 aliphatic carbocycles. The Bertz CT molecular complexity index is 1080. The lowest BCUT2D eigenvalue weighted by Gasteiger charge is -2.53. The largest absolute Gasteiger partial charge is 0.463 e. The van der Waals surface area contributed by atoms with Crippen LogP contribution in [0.3, 0.4) is 0 Å². The van der Waals surface area contributed by atoms with E-state index >= 15 is 0 Å². The Morgan fingerprint density at radius 3 is 1.20 bits per heavy atom. The predicted octanol–water partition coefficient (Wildman–Crippen LogP) is 5.04. The first kappa shape index (κ1) is 44.8. The fourth-order valence-corrected chi connectivity index (χ4v) is 11.0. The van der Waals surface area contributed by atoms with Crippen molar-refractivity contribution in [2.24, 2.45) is 0 Å². The third-order valence-electron chi connectivity index (χ3n) is 6.84. The van der Waals surface area contributed by atoms with Crippen LogP contribution >= 0.6 is 0 Å². The van der Waals surface area contributed by atoms with Crippen LogP contribution in [0.2, 0.25) is 98.2 Å². The number of hydrogen-bond donors (Lipinski definition) is 1. The number of carbonyl (C=O) groups excluding carboxylic acids is 2. The molecule has 13 nitrogen and oxygen atoms in total.